The number of anilines is 6. The maximum atomic E-state index is 6.76. The molecule has 2 heterocycles. The summed E-state index contributed by atoms with van der Waals surface area (Å²) in [4.78, 5) is 4.89. The minimum absolute atomic E-state index is 0.140. The molecule has 1 spiro atoms. The van der Waals surface area contributed by atoms with E-state index in [1.807, 2.05) is 0 Å². The molecule has 0 saturated carbocycles. The van der Waals surface area contributed by atoms with Gasteiger partial charge in [-0.05, 0) is 127 Å². The Hall–Kier alpha value is -7.62. The van der Waals surface area contributed by atoms with Gasteiger partial charge >= 0.3 is 0 Å². The Morgan fingerprint density at radius 2 is 0.902 bits per heavy atom. The molecule has 1 unspecified atom stereocenters. The second-order valence-electron chi connectivity index (χ2n) is 17.2. The Morgan fingerprint density at radius 3 is 1.67 bits per heavy atom. The molecule has 0 fully saturated rings. The van der Waals surface area contributed by atoms with Crippen LogP contribution in [-0.2, 0) is 10.8 Å². The molecule has 61 heavy (non-hydrogen) atoms. The van der Waals surface area contributed by atoms with Crippen molar-refractivity contribution in [2.24, 2.45) is 0 Å². The SMILES string of the molecule is CC1(C)c2ccccc2-c2ccc(N(c3ccc(-c4ccccc4)cc3)c3ccc4c(c3)C3(c5ccccc5-4)c4ccccc4N4c5ccccc5Oc5cccc3c54)cc21. The van der Waals surface area contributed by atoms with E-state index in [0.717, 1.165) is 39.9 Å². The first-order valence-corrected chi connectivity index (χ1v) is 21.3. The summed E-state index contributed by atoms with van der Waals surface area (Å²) in [5.41, 5.74) is 21.2. The van der Waals surface area contributed by atoms with Crippen LogP contribution in [0.3, 0.4) is 0 Å². The monoisotopic (exact) mass is 780 g/mol. The molecule has 0 saturated heterocycles. The van der Waals surface area contributed by atoms with E-state index in [2.05, 4.69) is 230 Å². The van der Waals surface area contributed by atoms with Crippen molar-refractivity contribution in [3.8, 4) is 44.9 Å². The maximum absolute atomic E-state index is 6.76. The first-order valence-electron chi connectivity index (χ1n) is 21.3. The van der Waals surface area contributed by atoms with Crippen LogP contribution in [0.5, 0.6) is 11.5 Å². The molecule has 0 amide bonds. The van der Waals surface area contributed by atoms with Gasteiger partial charge in [-0.2, -0.15) is 0 Å². The highest BCUT2D eigenvalue weighted by Crippen LogP contribution is 2.67. The van der Waals surface area contributed by atoms with Crippen LogP contribution in [0.1, 0.15) is 47.2 Å². The van der Waals surface area contributed by atoms with E-state index < -0.39 is 5.41 Å². The third-order valence-corrected chi connectivity index (χ3v) is 13.8. The van der Waals surface area contributed by atoms with Crippen LogP contribution in [0, 0.1) is 0 Å². The van der Waals surface area contributed by atoms with Crippen molar-refractivity contribution in [3.63, 3.8) is 0 Å². The number of benzene rings is 9. The van der Waals surface area contributed by atoms with Gasteiger partial charge < -0.3 is 14.5 Å². The normalized spacial score (nSPS) is 16.3. The molecule has 0 radical (unpaired) electrons. The first-order chi connectivity index (χ1) is 30.0. The summed E-state index contributed by atoms with van der Waals surface area (Å²) in [6.07, 6.45) is 0. The number of hydrogen-bond donors (Lipinski definition) is 0. The van der Waals surface area contributed by atoms with Gasteiger partial charge in [0.25, 0.3) is 0 Å². The lowest BCUT2D eigenvalue weighted by molar-refractivity contribution is 0.473. The van der Waals surface area contributed by atoms with E-state index in [4.69, 9.17) is 4.74 Å². The van der Waals surface area contributed by atoms with Crippen molar-refractivity contribution in [1.29, 1.82) is 0 Å². The second kappa shape index (κ2) is 12.5. The molecule has 9 aromatic rings. The largest absolute Gasteiger partial charge is 0.453 e. The van der Waals surface area contributed by atoms with Gasteiger partial charge in [0, 0.05) is 22.5 Å². The van der Waals surface area contributed by atoms with E-state index in [9.17, 15) is 0 Å². The Bertz CT molecular complexity index is 3270. The maximum Gasteiger partial charge on any atom is 0.151 e. The zero-order valence-electron chi connectivity index (χ0n) is 33.9. The second-order valence-corrected chi connectivity index (χ2v) is 17.2. The van der Waals surface area contributed by atoms with Gasteiger partial charge in [0.05, 0.1) is 22.5 Å². The number of nitrogens with zero attached hydrogens (tertiary/aromatic N) is 2. The molecule has 0 bridgehead atoms. The summed E-state index contributed by atoms with van der Waals surface area (Å²) >= 11 is 0. The zero-order valence-corrected chi connectivity index (χ0v) is 33.9. The molecule has 1 atom stereocenters. The molecular weight excluding hydrogens is 741 g/mol. The van der Waals surface area contributed by atoms with E-state index in [1.165, 1.54) is 72.4 Å². The van der Waals surface area contributed by atoms with Crippen LogP contribution >= 0.6 is 0 Å². The molecule has 9 aromatic carbocycles. The average molecular weight is 781 g/mol. The topological polar surface area (TPSA) is 15.7 Å². The van der Waals surface area contributed by atoms with Crippen molar-refractivity contribution in [3.05, 3.63) is 240 Å². The summed E-state index contributed by atoms with van der Waals surface area (Å²) in [6, 6.07) is 76.0. The fourth-order valence-corrected chi connectivity index (χ4v) is 11.2. The third kappa shape index (κ3) is 4.58. The lowest BCUT2D eigenvalue weighted by atomic mass is 9.64. The van der Waals surface area contributed by atoms with Gasteiger partial charge in [-0.25, -0.2) is 0 Å². The fourth-order valence-electron chi connectivity index (χ4n) is 11.2. The zero-order chi connectivity index (χ0) is 40.5. The highest BCUT2D eigenvalue weighted by molar-refractivity contribution is 6.00. The molecule has 3 heteroatoms. The summed E-state index contributed by atoms with van der Waals surface area (Å²) in [5.74, 6) is 1.73. The molecule has 2 aliphatic carbocycles. The molecular formula is C58H40N2O. The van der Waals surface area contributed by atoms with Crippen molar-refractivity contribution < 1.29 is 4.74 Å². The van der Waals surface area contributed by atoms with Crippen LogP contribution in [0.4, 0.5) is 34.1 Å². The highest BCUT2D eigenvalue weighted by atomic mass is 16.5. The number of hydrogen-bond acceptors (Lipinski definition) is 3. The number of rotatable bonds is 4. The van der Waals surface area contributed by atoms with Gasteiger partial charge in [0.2, 0.25) is 0 Å². The summed E-state index contributed by atoms with van der Waals surface area (Å²) in [6.45, 7) is 4.73. The molecule has 4 aliphatic rings. The predicted molar refractivity (Wildman–Crippen MR) is 250 cm³/mol. The van der Waals surface area contributed by atoms with Crippen molar-refractivity contribution in [2.45, 2.75) is 24.7 Å². The highest BCUT2D eigenvalue weighted by Gasteiger charge is 2.53. The third-order valence-electron chi connectivity index (χ3n) is 13.8. The van der Waals surface area contributed by atoms with Crippen LogP contribution in [0.15, 0.2) is 206 Å². The Kier molecular flexibility index (Phi) is 6.99. The molecule has 0 N–H and O–H groups in total. The van der Waals surface area contributed by atoms with Crippen LogP contribution in [0.25, 0.3) is 33.4 Å². The van der Waals surface area contributed by atoms with Crippen LogP contribution in [0.2, 0.25) is 0 Å². The Labute approximate surface area is 356 Å². The quantitative estimate of drug-likeness (QED) is 0.177. The fraction of sp³-hybridized carbons (Fsp3) is 0.0690. The van der Waals surface area contributed by atoms with Crippen LogP contribution < -0.4 is 14.5 Å². The smallest absolute Gasteiger partial charge is 0.151 e. The minimum Gasteiger partial charge on any atom is -0.453 e. The lowest BCUT2D eigenvalue weighted by Gasteiger charge is -2.47. The number of para-hydroxylation sites is 4. The van der Waals surface area contributed by atoms with E-state index in [1.54, 1.807) is 0 Å². The van der Waals surface area contributed by atoms with E-state index in [-0.39, 0.29) is 5.41 Å². The van der Waals surface area contributed by atoms with Gasteiger partial charge in [-0.1, -0.05) is 159 Å². The summed E-state index contributed by atoms with van der Waals surface area (Å²) < 4.78 is 6.76. The lowest BCUT2D eigenvalue weighted by Crippen LogP contribution is -2.37. The molecule has 288 valence electrons. The van der Waals surface area contributed by atoms with Gasteiger partial charge in [0.15, 0.2) is 11.5 Å². The van der Waals surface area contributed by atoms with Gasteiger partial charge in [-0.3, -0.25) is 0 Å². The first kappa shape index (κ1) is 34.3. The molecule has 2 aliphatic heterocycles. The Balaban J connectivity index is 1.06. The summed E-state index contributed by atoms with van der Waals surface area (Å²) in [7, 11) is 0. The predicted octanol–water partition coefficient (Wildman–Crippen LogP) is 15.4. The Morgan fingerprint density at radius 1 is 0.377 bits per heavy atom. The minimum atomic E-state index is -0.611. The van der Waals surface area contributed by atoms with Crippen molar-refractivity contribution >= 4 is 34.1 Å². The molecule has 0 aromatic heterocycles. The van der Waals surface area contributed by atoms with Gasteiger partial charge in [-0.15, -0.1) is 0 Å². The average Bonchev–Trinajstić information content (AvgIpc) is 3.73. The van der Waals surface area contributed by atoms with E-state index in [0.29, 0.717) is 0 Å². The molecule has 3 nitrogen and oxygen atoms in total. The summed E-state index contributed by atoms with van der Waals surface area (Å²) in [5, 5.41) is 0. The van der Waals surface area contributed by atoms with Gasteiger partial charge in [0.1, 0.15) is 0 Å². The van der Waals surface area contributed by atoms with Crippen LogP contribution in [-0.4, -0.2) is 0 Å². The number of ether oxygens (including phenoxy) is 1. The van der Waals surface area contributed by atoms with Crippen molar-refractivity contribution in [1.82, 2.24) is 0 Å². The molecule has 13 rings (SSSR count). The number of fused-ring (bicyclic) bond motifs is 14. The van der Waals surface area contributed by atoms with E-state index >= 15 is 0 Å². The standard InChI is InChI=1S/C58H40N2O/c1-57(2)46-19-8-6-17-42(46)44-33-31-40(35-50(44)57)59(39-29-27-38(28-30-39)37-15-4-3-5-16-37)41-32-34-45-43-18-7-9-20-47(43)58(51(45)36-41)48-21-10-11-23-52(48)60-53-24-12-13-25-54(53)61-55-26-14-22-49(58)56(55)60/h3-36H,1-2H3. The van der Waals surface area contributed by atoms with Crippen molar-refractivity contribution in [2.75, 3.05) is 9.80 Å².